The van der Waals surface area contributed by atoms with Crippen LogP contribution < -0.4 is 5.56 Å². The highest BCUT2D eigenvalue weighted by atomic mass is 32.2. The first-order chi connectivity index (χ1) is 17.1. The molecule has 8 heteroatoms. The molecule has 0 spiro atoms. The fourth-order valence-electron chi connectivity index (χ4n) is 4.62. The molecular formula is C27H23N5O2S. The van der Waals surface area contributed by atoms with E-state index in [1.54, 1.807) is 4.57 Å². The molecule has 0 bridgehead atoms. The van der Waals surface area contributed by atoms with Gasteiger partial charge in [0.25, 0.3) is 5.56 Å². The van der Waals surface area contributed by atoms with Crippen LogP contribution >= 0.6 is 11.8 Å². The fraction of sp³-hybridized carbons (Fsp3) is 0.185. The third kappa shape index (κ3) is 3.80. The lowest BCUT2D eigenvalue weighted by molar-refractivity contribution is -0.129. The van der Waals surface area contributed by atoms with Crippen LogP contribution in [0.4, 0.5) is 0 Å². The fourth-order valence-corrected chi connectivity index (χ4v) is 5.47. The molecule has 1 aliphatic heterocycles. The first kappa shape index (κ1) is 21.6. The molecule has 2 aromatic heterocycles. The summed E-state index contributed by atoms with van der Waals surface area (Å²) in [6.07, 6.45) is 0.869. The van der Waals surface area contributed by atoms with Crippen molar-refractivity contribution in [1.82, 2.24) is 24.1 Å². The average molecular weight is 482 g/mol. The zero-order chi connectivity index (χ0) is 23.9. The average Bonchev–Trinajstić information content (AvgIpc) is 3.32. The summed E-state index contributed by atoms with van der Waals surface area (Å²) < 4.78 is 3.46. The number of amides is 1. The van der Waals surface area contributed by atoms with E-state index in [0.717, 1.165) is 23.2 Å². The van der Waals surface area contributed by atoms with Gasteiger partial charge in [0.05, 0.1) is 22.3 Å². The van der Waals surface area contributed by atoms with Gasteiger partial charge in [0.2, 0.25) is 11.7 Å². The molecule has 174 valence electrons. The highest BCUT2D eigenvalue weighted by molar-refractivity contribution is 7.99. The maximum absolute atomic E-state index is 13.4. The van der Waals surface area contributed by atoms with Crippen molar-refractivity contribution in [2.75, 3.05) is 12.3 Å². The van der Waals surface area contributed by atoms with E-state index in [0.29, 0.717) is 29.4 Å². The van der Waals surface area contributed by atoms with E-state index >= 15 is 0 Å². The minimum atomic E-state index is -0.149. The Balaban J connectivity index is 1.36. The van der Waals surface area contributed by atoms with Gasteiger partial charge in [0.1, 0.15) is 0 Å². The first-order valence-corrected chi connectivity index (χ1v) is 12.5. The summed E-state index contributed by atoms with van der Waals surface area (Å²) in [5, 5.41) is 9.92. The lowest BCUT2D eigenvalue weighted by Gasteiger charge is -2.28. The predicted molar refractivity (Wildman–Crippen MR) is 137 cm³/mol. The number of aryl methyl sites for hydroxylation is 1. The van der Waals surface area contributed by atoms with Crippen LogP contribution in [0.1, 0.15) is 16.7 Å². The smallest absolute Gasteiger partial charge is 0.267 e. The monoisotopic (exact) mass is 481 g/mol. The lowest BCUT2D eigenvalue weighted by atomic mass is 10.00. The molecule has 6 rings (SSSR count). The van der Waals surface area contributed by atoms with Crippen molar-refractivity contribution in [2.45, 2.75) is 25.0 Å². The summed E-state index contributed by atoms with van der Waals surface area (Å²) in [7, 11) is 0. The van der Waals surface area contributed by atoms with E-state index in [2.05, 4.69) is 22.3 Å². The maximum atomic E-state index is 13.4. The van der Waals surface area contributed by atoms with Gasteiger partial charge >= 0.3 is 0 Å². The van der Waals surface area contributed by atoms with Crippen molar-refractivity contribution in [3.05, 3.63) is 99.8 Å². The van der Waals surface area contributed by atoms with Gasteiger partial charge in [0, 0.05) is 13.1 Å². The van der Waals surface area contributed by atoms with E-state index < -0.39 is 0 Å². The number of hydrogen-bond donors (Lipinski definition) is 0. The maximum Gasteiger partial charge on any atom is 0.267 e. The molecule has 35 heavy (non-hydrogen) atoms. The summed E-state index contributed by atoms with van der Waals surface area (Å²) in [5.74, 6) is 0.748. The van der Waals surface area contributed by atoms with Gasteiger partial charge in [-0.2, -0.15) is 0 Å². The number of carbonyl (C=O) groups is 1. The topological polar surface area (TPSA) is 72.5 Å². The molecule has 0 aliphatic carbocycles. The minimum absolute atomic E-state index is 0.0671. The molecule has 0 unspecified atom stereocenters. The van der Waals surface area contributed by atoms with Crippen LogP contribution in [0.3, 0.4) is 0 Å². The second-order valence-corrected chi connectivity index (χ2v) is 9.68. The van der Waals surface area contributed by atoms with Crippen molar-refractivity contribution in [1.29, 1.82) is 0 Å². The second kappa shape index (κ2) is 8.70. The molecule has 1 amide bonds. The third-order valence-electron chi connectivity index (χ3n) is 6.49. The normalized spacial score (nSPS) is 13.3. The number of hydrogen-bond acceptors (Lipinski definition) is 5. The standard InChI is InChI=1S/C27H23N5O2S/c1-18-10-12-21(13-11-18)31-25(34)22-8-4-5-9-23(22)32-26(31)28-29-27(32)35-17-24(33)30-15-14-19-6-2-3-7-20(19)16-30/h2-13H,14-17H2,1H3. The molecule has 7 nitrogen and oxygen atoms in total. The number of fused-ring (bicyclic) bond motifs is 4. The zero-order valence-corrected chi connectivity index (χ0v) is 20.0. The summed E-state index contributed by atoms with van der Waals surface area (Å²) in [5.41, 5.74) is 4.93. The third-order valence-corrected chi connectivity index (χ3v) is 7.41. The Morgan fingerprint density at radius 3 is 2.51 bits per heavy atom. The lowest BCUT2D eigenvalue weighted by Crippen LogP contribution is -2.37. The van der Waals surface area contributed by atoms with Crippen LogP contribution in [-0.4, -0.2) is 42.3 Å². The summed E-state index contributed by atoms with van der Waals surface area (Å²) in [6, 6.07) is 23.5. The number of thioether (sulfide) groups is 1. The summed E-state index contributed by atoms with van der Waals surface area (Å²) >= 11 is 1.35. The van der Waals surface area contributed by atoms with E-state index in [4.69, 9.17) is 0 Å². The van der Waals surface area contributed by atoms with E-state index in [9.17, 15) is 9.59 Å². The van der Waals surface area contributed by atoms with Crippen LogP contribution in [0.5, 0.6) is 0 Å². The second-order valence-electron chi connectivity index (χ2n) is 8.73. The molecule has 0 N–H and O–H groups in total. The van der Waals surface area contributed by atoms with Gasteiger partial charge in [-0.15, -0.1) is 10.2 Å². The van der Waals surface area contributed by atoms with Crippen LogP contribution in [0.2, 0.25) is 0 Å². The molecule has 0 radical (unpaired) electrons. The molecule has 0 saturated carbocycles. The van der Waals surface area contributed by atoms with Gasteiger partial charge in [0.15, 0.2) is 5.16 Å². The van der Waals surface area contributed by atoms with Crippen molar-refractivity contribution >= 4 is 34.3 Å². The van der Waals surface area contributed by atoms with Gasteiger partial charge in [-0.25, -0.2) is 4.57 Å². The Hall–Kier alpha value is -3.91. The molecule has 1 aliphatic rings. The van der Waals surface area contributed by atoms with Crippen LogP contribution in [-0.2, 0) is 17.8 Å². The highest BCUT2D eigenvalue weighted by Crippen LogP contribution is 2.25. The first-order valence-electron chi connectivity index (χ1n) is 11.5. The van der Waals surface area contributed by atoms with Crippen molar-refractivity contribution in [2.24, 2.45) is 0 Å². The Morgan fingerprint density at radius 1 is 0.943 bits per heavy atom. The predicted octanol–water partition coefficient (Wildman–Crippen LogP) is 4.02. The number of benzene rings is 3. The van der Waals surface area contributed by atoms with E-state index in [1.807, 2.05) is 76.9 Å². The molecule has 0 fully saturated rings. The van der Waals surface area contributed by atoms with E-state index in [-0.39, 0.29) is 17.2 Å². The number of para-hydroxylation sites is 1. The van der Waals surface area contributed by atoms with Crippen molar-refractivity contribution < 1.29 is 4.79 Å². The van der Waals surface area contributed by atoms with Crippen molar-refractivity contribution in [3.63, 3.8) is 0 Å². The molecule has 3 heterocycles. The molecular weight excluding hydrogens is 458 g/mol. The van der Waals surface area contributed by atoms with E-state index in [1.165, 1.54) is 22.9 Å². The Kier molecular flexibility index (Phi) is 5.37. The zero-order valence-electron chi connectivity index (χ0n) is 19.2. The number of aromatic nitrogens is 4. The quantitative estimate of drug-likeness (QED) is 0.363. The Morgan fingerprint density at radius 2 is 1.69 bits per heavy atom. The Bertz CT molecular complexity index is 1640. The summed E-state index contributed by atoms with van der Waals surface area (Å²) in [6.45, 7) is 3.35. The highest BCUT2D eigenvalue weighted by Gasteiger charge is 2.22. The van der Waals surface area contributed by atoms with Gasteiger partial charge < -0.3 is 4.90 Å². The minimum Gasteiger partial charge on any atom is -0.337 e. The number of rotatable bonds is 4. The molecule has 5 aromatic rings. The van der Waals surface area contributed by atoms with Gasteiger partial charge in [-0.3, -0.25) is 14.0 Å². The molecule has 0 atom stereocenters. The molecule has 3 aromatic carbocycles. The molecule has 0 saturated heterocycles. The van der Waals surface area contributed by atoms with Crippen molar-refractivity contribution in [3.8, 4) is 5.69 Å². The number of nitrogens with zero attached hydrogens (tertiary/aromatic N) is 5. The summed E-state index contributed by atoms with van der Waals surface area (Å²) in [4.78, 5) is 28.4. The van der Waals surface area contributed by atoms with Crippen LogP contribution in [0.15, 0.2) is 82.7 Å². The van der Waals surface area contributed by atoms with Crippen LogP contribution in [0.25, 0.3) is 22.4 Å². The largest absolute Gasteiger partial charge is 0.337 e. The van der Waals surface area contributed by atoms with Gasteiger partial charge in [-0.1, -0.05) is 65.9 Å². The Labute approximate surface area is 206 Å². The van der Waals surface area contributed by atoms with Gasteiger partial charge in [-0.05, 0) is 48.7 Å². The van der Waals surface area contributed by atoms with Crippen LogP contribution in [0, 0.1) is 6.92 Å². The SMILES string of the molecule is Cc1ccc(-n2c(=O)c3ccccc3n3c(SCC(=O)N4CCc5ccccc5C4)nnc23)cc1. The number of carbonyl (C=O) groups excluding carboxylic acids is 1.